The lowest BCUT2D eigenvalue weighted by Gasteiger charge is -2.20. The van der Waals surface area contributed by atoms with Gasteiger partial charge in [0, 0.05) is 19.3 Å². The molecule has 3 aromatic rings. The summed E-state index contributed by atoms with van der Waals surface area (Å²) in [5.41, 5.74) is 6.56. The number of nitrogens with two attached hydrogens (primary N) is 1. The third-order valence-corrected chi connectivity index (χ3v) is 4.82. The minimum absolute atomic E-state index is 0.0310. The fourth-order valence-corrected chi connectivity index (χ4v) is 3.24. The van der Waals surface area contributed by atoms with Gasteiger partial charge in [0.2, 0.25) is 0 Å². The normalized spacial score (nSPS) is 10.7. The van der Waals surface area contributed by atoms with Crippen LogP contribution in [-0.4, -0.2) is 28.5 Å². The van der Waals surface area contributed by atoms with E-state index in [4.69, 9.17) is 5.73 Å². The second kappa shape index (κ2) is 8.60. The van der Waals surface area contributed by atoms with E-state index in [1.807, 2.05) is 60.7 Å². The Morgan fingerprint density at radius 2 is 1.55 bits per heavy atom. The number of anilines is 2. The molecule has 0 aliphatic rings. The zero-order chi connectivity index (χ0) is 21.0. The second-order valence-corrected chi connectivity index (χ2v) is 6.78. The topological polar surface area (TPSA) is 90.3 Å². The highest BCUT2D eigenvalue weighted by Gasteiger charge is 2.23. The fraction of sp³-hybridized carbons (Fsp3) is 0.227. The van der Waals surface area contributed by atoms with Gasteiger partial charge >= 0.3 is 5.69 Å². The third kappa shape index (κ3) is 4.13. The number of nitrogens with zero attached hydrogens (tertiary/aromatic N) is 3. The minimum Gasteiger partial charge on any atom is -0.384 e. The van der Waals surface area contributed by atoms with Gasteiger partial charge in [-0.15, -0.1) is 0 Å². The summed E-state index contributed by atoms with van der Waals surface area (Å²) in [6.45, 7) is 2.00. The smallest absolute Gasteiger partial charge is 0.332 e. The van der Waals surface area contributed by atoms with Crippen molar-refractivity contribution >= 4 is 17.3 Å². The molecule has 0 atom stereocenters. The molecule has 2 N–H and O–H groups in total. The summed E-state index contributed by atoms with van der Waals surface area (Å²) in [4.78, 5) is 40.4. The van der Waals surface area contributed by atoms with Crippen LogP contribution in [0.4, 0.5) is 11.5 Å². The first-order valence-electron chi connectivity index (χ1n) is 9.40. The predicted octanol–water partition coefficient (Wildman–Crippen LogP) is 1.98. The van der Waals surface area contributed by atoms with Gasteiger partial charge in [-0.25, -0.2) is 4.79 Å². The highest BCUT2D eigenvalue weighted by Crippen LogP contribution is 2.14. The summed E-state index contributed by atoms with van der Waals surface area (Å²) in [6.07, 6.45) is 0. The van der Waals surface area contributed by atoms with E-state index in [0.717, 1.165) is 15.8 Å². The summed E-state index contributed by atoms with van der Waals surface area (Å²) < 4.78 is 2.34. The Balaban J connectivity index is 2.03. The average molecular weight is 392 g/mol. The molecule has 0 saturated heterocycles. The molecule has 0 aliphatic carbocycles. The number of likely N-dealkylation sites (N-methyl/N-ethyl adjacent to an activating group) is 1. The van der Waals surface area contributed by atoms with E-state index >= 15 is 0 Å². The number of carbonyl (C=O) groups excluding carboxylic acids is 1. The Kier molecular flexibility index (Phi) is 5.97. The summed E-state index contributed by atoms with van der Waals surface area (Å²) in [7, 11) is 1.77. The monoisotopic (exact) mass is 392 g/mol. The van der Waals surface area contributed by atoms with Crippen molar-refractivity contribution in [3.63, 3.8) is 0 Å². The van der Waals surface area contributed by atoms with Gasteiger partial charge in [-0.1, -0.05) is 48.5 Å². The number of rotatable bonds is 7. The predicted molar refractivity (Wildman–Crippen MR) is 115 cm³/mol. The molecule has 150 valence electrons. The van der Waals surface area contributed by atoms with E-state index < -0.39 is 17.0 Å². The maximum Gasteiger partial charge on any atom is 0.332 e. The Morgan fingerprint density at radius 3 is 2.14 bits per heavy atom. The van der Waals surface area contributed by atoms with E-state index in [1.165, 1.54) is 4.57 Å². The Hall–Kier alpha value is -3.61. The molecule has 0 aliphatic heterocycles. The largest absolute Gasteiger partial charge is 0.384 e. The highest BCUT2D eigenvalue weighted by molar-refractivity contribution is 6.02. The van der Waals surface area contributed by atoms with Gasteiger partial charge in [0.1, 0.15) is 11.4 Å². The zero-order valence-corrected chi connectivity index (χ0v) is 16.5. The van der Waals surface area contributed by atoms with Crippen LogP contribution in [0.2, 0.25) is 0 Å². The van der Waals surface area contributed by atoms with Crippen molar-refractivity contribution < 1.29 is 4.79 Å². The van der Waals surface area contributed by atoms with Crippen molar-refractivity contribution in [2.45, 2.75) is 20.0 Å². The molecule has 2 aromatic carbocycles. The van der Waals surface area contributed by atoms with Gasteiger partial charge in [-0.05, 0) is 24.6 Å². The molecular weight excluding hydrogens is 368 g/mol. The molecule has 0 radical (unpaired) electrons. The van der Waals surface area contributed by atoms with E-state index in [9.17, 15) is 14.4 Å². The van der Waals surface area contributed by atoms with Crippen LogP contribution in [0, 0.1) is 0 Å². The summed E-state index contributed by atoms with van der Waals surface area (Å²) in [5, 5.41) is 0. The summed E-state index contributed by atoms with van der Waals surface area (Å²) >= 11 is 0. The molecule has 7 nitrogen and oxygen atoms in total. The molecule has 0 unspecified atom stereocenters. The van der Waals surface area contributed by atoms with Crippen LogP contribution < -0.4 is 21.9 Å². The van der Waals surface area contributed by atoms with Crippen LogP contribution in [0.5, 0.6) is 0 Å². The summed E-state index contributed by atoms with van der Waals surface area (Å²) in [5.74, 6) is -0.525. The molecule has 29 heavy (non-hydrogen) atoms. The van der Waals surface area contributed by atoms with Crippen LogP contribution >= 0.6 is 0 Å². The van der Waals surface area contributed by atoms with Crippen molar-refractivity contribution in [1.29, 1.82) is 0 Å². The highest BCUT2D eigenvalue weighted by atomic mass is 16.2. The lowest BCUT2D eigenvalue weighted by atomic mass is 10.1. The Labute approximate surface area is 168 Å². The second-order valence-electron chi connectivity index (χ2n) is 6.78. The first kappa shape index (κ1) is 20.1. The molecule has 0 spiro atoms. The zero-order valence-electron chi connectivity index (χ0n) is 16.5. The van der Waals surface area contributed by atoms with Crippen LogP contribution in [0.25, 0.3) is 0 Å². The van der Waals surface area contributed by atoms with Gasteiger partial charge in [-0.3, -0.25) is 18.7 Å². The number of Topliss-reactive ketones (excluding diaryl/α,β-unsaturated/α-hetero) is 1. The maximum absolute atomic E-state index is 13.0. The van der Waals surface area contributed by atoms with Crippen LogP contribution in [-0.2, 0) is 13.1 Å². The van der Waals surface area contributed by atoms with Crippen molar-refractivity contribution in [1.82, 2.24) is 9.13 Å². The van der Waals surface area contributed by atoms with Crippen molar-refractivity contribution in [3.05, 3.63) is 92.6 Å². The molecule has 7 heteroatoms. The van der Waals surface area contributed by atoms with Gasteiger partial charge < -0.3 is 10.6 Å². The molecule has 3 rings (SSSR count). The molecule has 1 aromatic heterocycles. The van der Waals surface area contributed by atoms with Gasteiger partial charge in [-0.2, -0.15) is 0 Å². The fourth-order valence-electron chi connectivity index (χ4n) is 3.24. The molecule has 0 amide bonds. The van der Waals surface area contributed by atoms with Gasteiger partial charge in [0.25, 0.3) is 5.56 Å². The third-order valence-electron chi connectivity index (χ3n) is 4.82. The Morgan fingerprint density at radius 1 is 0.966 bits per heavy atom. The number of benzene rings is 2. The van der Waals surface area contributed by atoms with Crippen molar-refractivity contribution in [2.75, 3.05) is 24.2 Å². The van der Waals surface area contributed by atoms with Crippen molar-refractivity contribution in [3.8, 4) is 0 Å². The maximum atomic E-state index is 13.0. The number of ketones is 1. The molecule has 0 fully saturated rings. The average Bonchev–Trinajstić information content (AvgIpc) is 2.73. The molecule has 0 saturated carbocycles. The lowest BCUT2D eigenvalue weighted by Crippen LogP contribution is -2.45. The number of carbonyl (C=O) groups is 1. The minimum atomic E-state index is -0.647. The van der Waals surface area contributed by atoms with Crippen LogP contribution in [0.1, 0.15) is 22.8 Å². The first-order valence-corrected chi connectivity index (χ1v) is 9.40. The molecule has 1 heterocycles. The van der Waals surface area contributed by atoms with E-state index in [0.29, 0.717) is 0 Å². The number of nitrogen functional groups attached to an aromatic ring is 1. The summed E-state index contributed by atoms with van der Waals surface area (Å²) in [6, 6.07) is 18.7. The lowest BCUT2D eigenvalue weighted by molar-refractivity contribution is 0.0998. The first-order chi connectivity index (χ1) is 13.9. The van der Waals surface area contributed by atoms with Crippen molar-refractivity contribution in [2.24, 2.45) is 0 Å². The number of hydrogen-bond acceptors (Lipinski definition) is 5. The standard InChI is InChI=1S/C22H24N4O3/c1-3-25-21(28)19(18(27)15-24(2)17-12-8-5-9-13-17)20(23)26(22(25)29)14-16-10-6-4-7-11-16/h4-13H,3,14-15,23H2,1-2H3. The van der Waals surface area contributed by atoms with Crippen LogP contribution in [0.15, 0.2) is 70.3 Å². The van der Waals surface area contributed by atoms with Gasteiger partial charge in [0.05, 0.1) is 13.1 Å². The molecular formula is C22H24N4O3. The number of aromatic nitrogens is 2. The van der Waals surface area contributed by atoms with E-state index in [1.54, 1.807) is 18.9 Å². The quantitative estimate of drug-likeness (QED) is 0.621. The number of hydrogen-bond donors (Lipinski definition) is 1. The van der Waals surface area contributed by atoms with Gasteiger partial charge in [0.15, 0.2) is 5.78 Å². The van der Waals surface area contributed by atoms with E-state index in [-0.39, 0.29) is 31.0 Å². The van der Waals surface area contributed by atoms with Crippen LogP contribution in [0.3, 0.4) is 0 Å². The Bertz CT molecular complexity index is 1120. The van der Waals surface area contributed by atoms with E-state index in [2.05, 4.69) is 0 Å². The molecule has 0 bridgehead atoms. The SMILES string of the molecule is CCn1c(=O)c(C(=O)CN(C)c2ccccc2)c(N)n(Cc2ccccc2)c1=O. The number of para-hydroxylation sites is 1.